The number of halogens is 1. The zero-order valence-corrected chi connectivity index (χ0v) is 18.0. The Bertz CT molecular complexity index is 1130. The van der Waals surface area contributed by atoms with Gasteiger partial charge in [0, 0.05) is 16.8 Å². The summed E-state index contributed by atoms with van der Waals surface area (Å²) in [5.74, 6) is -0.624. The summed E-state index contributed by atoms with van der Waals surface area (Å²) >= 11 is 5.87. The van der Waals surface area contributed by atoms with Crippen LogP contribution in [0.4, 0.5) is 11.4 Å². The number of rotatable bonds is 7. The summed E-state index contributed by atoms with van der Waals surface area (Å²) in [6, 6.07) is 20.1. The molecule has 0 aliphatic heterocycles. The zero-order chi connectivity index (χ0) is 21.7. The number of carbonyl (C=O) groups excluding carboxylic acids is 1. The van der Waals surface area contributed by atoms with Gasteiger partial charge >= 0.3 is 5.97 Å². The molecule has 0 bridgehead atoms. The van der Waals surface area contributed by atoms with Gasteiger partial charge in [0.25, 0.3) is 10.0 Å². The summed E-state index contributed by atoms with van der Waals surface area (Å²) in [5, 5.41) is 3.71. The van der Waals surface area contributed by atoms with Crippen molar-refractivity contribution in [1.29, 1.82) is 0 Å². The Morgan fingerprint density at radius 1 is 1.00 bits per heavy atom. The lowest BCUT2D eigenvalue weighted by atomic mass is 10.1. The van der Waals surface area contributed by atoms with Crippen LogP contribution >= 0.6 is 11.6 Å². The normalized spacial score (nSPS) is 12.1. The summed E-state index contributed by atoms with van der Waals surface area (Å²) in [5.41, 5.74) is 1.83. The minimum absolute atomic E-state index is 0.0665. The number of methoxy groups -OCH3 is 1. The Morgan fingerprint density at radius 3 is 2.30 bits per heavy atom. The van der Waals surface area contributed by atoms with Crippen molar-refractivity contribution in [2.24, 2.45) is 0 Å². The highest BCUT2D eigenvalue weighted by molar-refractivity contribution is 7.92. The smallest absolute Gasteiger partial charge is 0.337 e. The van der Waals surface area contributed by atoms with E-state index in [-0.39, 0.29) is 16.5 Å². The number of esters is 1. The van der Waals surface area contributed by atoms with Crippen LogP contribution in [0.5, 0.6) is 0 Å². The average molecular weight is 445 g/mol. The first kappa shape index (κ1) is 21.7. The van der Waals surface area contributed by atoms with Crippen LogP contribution in [0.3, 0.4) is 0 Å². The second-order valence-electron chi connectivity index (χ2n) is 6.59. The molecule has 0 saturated heterocycles. The number of anilines is 2. The number of hydrogen-bond donors (Lipinski definition) is 2. The molecule has 8 heteroatoms. The number of benzene rings is 3. The fourth-order valence-electron chi connectivity index (χ4n) is 2.90. The number of nitrogens with one attached hydrogen (secondary N) is 2. The molecule has 0 amide bonds. The highest BCUT2D eigenvalue weighted by atomic mass is 35.5. The lowest BCUT2D eigenvalue weighted by Gasteiger charge is -2.19. The zero-order valence-electron chi connectivity index (χ0n) is 16.4. The Hall–Kier alpha value is -3.03. The highest BCUT2D eigenvalue weighted by Crippen LogP contribution is 2.29. The molecule has 0 aliphatic carbocycles. The first-order valence-electron chi connectivity index (χ1n) is 9.12. The van der Waals surface area contributed by atoms with E-state index >= 15 is 0 Å². The van der Waals surface area contributed by atoms with Crippen LogP contribution in [0.2, 0.25) is 5.02 Å². The van der Waals surface area contributed by atoms with E-state index in [2.05, 4.69) is 10.0 Å². The first-order chi connectivity index (χ1) is 14.3. The molecule has 2 N–H and O–H groups in total. The van der Waals surface area contributed by atoms with Gasteiger partial charge in [-0.1, -0.05) is 41.9 Å². The molecule has 1 atom stereocenters. The van der Waals surface area contributed by atoms with Crippen LogP contribution in [0.1, 0.15) is 28.9 Å². The predicted octanol–water partition coefficient (Wildman–Crippen LogP) is 5.10. The minimum atomic E-state index is -4.01. The minimum Gasteiger partial charge on any atom is -0.465 e. The van der Waals surface area contributed by atoms with E-state index in [0.717, 1.165) is 5.56 Å². The molecule has 156 valence electrons. The largest absolute Gasteiger partial charge is 0.465 e. The van der Waals surface area contributed by atoms with E-state index in [4.69, 9.17) is 16.3 Å². The van der Waals surface area contributed by atoms with E-state index < -0.39 is 16.0 Å². The average Bonchev–Trinajstić information content (AvgIpc) is 2.75. The Labute approximate surface area is 180 Å². The molecule has 0 aromatic heterocycles. The van der Waals surface area contributed by atoms with Gasteiger partial charge < -0.3 is 10.1 Å². The van der Waals surface area contributed by atoms with Gasteiger partial charge in [-0.25, -0.2) is 13.2 Å². The molecule has 0 radical (unpaired) electrons. The van der Waals surface area contributed by atoms with Crippen LogP contribution in [-0.4, -0.2) is 21.5 Å². The van der Waals surface area contributed by atoms with Gasteiger partial charge in [-0.2, -0.15) is 0 Å². The molecule has 30 heavy (non-hydrogen) atoms. The van der Waals surface area contributed by atoms with Crippen molar-refractivity contribution >= 4 is 39.0 Å². The van der Waals surface area contributed by atoms with E-state index in [1.165, 1.54) is 19.2 Å². The summed E-state index contributed by atoms with van der Waals surface area (Å²) in [7, 11) is -2.77. The highest BCUT2D eigenvalue weighted by Gasteiger charge is 2.22. The Kier molecular flexibility index (Phi) is 6.64. The Balaban J connectivity index is 2.00. The fraction of sp³-hybridized carbons (Fsp3) is 0.136. The number of carbonyl (C=O) groups is 1. The van der Waals surface area contributed by atoms with E-state index in [1.807, 2.05) is 37.3 Å². The molecule has 6 nitrogen and oxygen atoms in total. The maximum Gasteiger partial charge on any atom is 0.337 e. The van der Waals surface area contributed by atoms with Gasteiger partial charge in [-0.15, -0.1) is 0 Å². The van der Waals surface area contributed by atoms with Crippen LogP contribution in [0.15, 0.2) is 77.7 Å². The van der Waals surface area contributed by atoms with Crippen molar-refractivity contribution in [2.45, 2.75) is 17.9 Å². The van der Waals surface area contributed by atoms with Crippen LogP contribution in [-0.2, 0) is 14.8 Å². The summed E-state index contributed by atoms with van der Waals surface area (Å²) in [6.07, 6.45) is 0. The Morgan fingerprint density at radius 2 is 1.67 bits per heavy atom. The molecular weight excluding hydrogens is 424 g/mol. The molecule has 3 rings (SSSR count). The third-order valence-corrected chi connectivity index (χ3v) is 6.13. The fourth-order valence-corrected chi connectivity index (χ4v) is 4.28. The molecule has 3 aromatic rings. The molecule has 0 unspecified atom stereocenters. The molecule has 0 spiro atoms. The van der Waals surface area contributed by atoms with E-state index in [0.29, 0.717) is 16.4 Å². The van der Waals surface area contributed by atoms with Gasteiger partial charge in [0.2, 0.25) is 0 Å². The second-order valence-corrected chi connectivity index (χ2v) is 8.68. The molecular formula is C22H21ClN2O4S. The topological polar surface area (TPSA) is 84.5 Å². The summed E-state index contributed by atoms with van der Waals surface area (Å²) < 4.78 is 33.6. The van der Waals surface area contributed by atoms with Crippen molar-refractivity contribution in [3.05, 3.63) is 88.9 Å². The van der Waals surface area contributed by atoms with Gasteiger partial charge in [-0.05, 0) is 55.0 Å². The maximum absolute atomic E-state index is 13.2. The first-order valence-corrected chi connectivity index (χ1v) is 11.0. The lowest BCUT2D eigenvalue weighted by Crippen LogP contribution is -2.17. The van der Waals surface area contributed by atoms with E-state index in [9.17, 15) is 13.2 Å². The number of hydrogen-bond acceptors (Lipinski definition) is 5. The molecule has 3 aromatic carbocycles. The lowest BCUT2D eigenvalue weighted by molar-refractivity contribution is 0.0600. The van der Waals surface area contributed by atoms with Crippen molar-refractivity contribution in [1.82, 2.24) is 0 Å². The van der Waals surface area contributed by atoms with Crippen molar-refractivity contribution in [2.75, 3.05) is 17.1 Å². The van der Waals surface area contributed by atoms with Gasteiger partial charge in [-0.3, -0.25) is 4.72 Å². The molecule has 0 aliphatic rings. The van der Waals surface area contributed by atoms with Crippen molar-refractivity contribution in [3.63, 3.8) is 0 Å². The quantitative estimate of drug-likeness (QED) is 0.495. The molecule has 0 saturated carbocycles. The standard InChI is InChI=1S/C22H21ClN2O4S/c1-15(16-6-4-3-5-7-16)24-20-13-8-17(22(26)29-2)14-21(20)30(27,28)25-19-11-9-18(23)10-12-19/h3-15,24-25H,1-2H3/t15-/m1/s1. The van der Waals surface area contributed by atoms with E-state index in [1.54, 1.807) is 30.3 Å². The third kappa shape index (κ3) is 5.11. The SMILES string of the molecule is COC(=O)c1ccc(N[C@H](C)c2ccccc2)c(S(=O)(=O)Nc2ccc(Cl)cc2)c1. The maximum atomic E-state index is 13.2. The van der Waals surface area contributed by atoms with Crippen molar-refractivity contribution < 1.29 is 17.9 Å². The number of sulfonamides is 1. The van der Waals surface area contributed by atoms with Crippen LogP contribution in [0.25, 0.3) is 0 Å². The monoisotopic (exact) mass is 444 g/mol. The summed E-state index contributed by atoms with van der Waals surface area (Å²) in [6.45, 7) is 1.92. The summed E-state index contributed by atoms with van der Waals surface area (Å²) in [4.78, 5) is 11.9. The van der Waals surface area contributed by atoms with Gasteiger partial charge in [0.1, 0.15) is 4.90 Å². The van der Waals surface area contributed by atoms with Crippen molar-refractivity contribution in [3.8, 4) is 0 Å². The van der Waals surface area contributed by atoms with Crippen LogP contribution < -0.4 is 10.0 Å². The molecule has 0 heterocycles. The molecule has 0 fully saturated rings. The van der Waals surface area contributed by atoms with Gasteiger partial charge in [0.15, 0.2) is 0 Å². The number of ether oxygens (including phenoxy) is 1. The predicted molar refractivity (Wildman–Crippen MR) is 119 cm³/mol. The second kappa shape index (κ2) is 9.19. The van der Waals surface area contributed by atoms with Gasteiger partial charge in [0.05, 0.1) is 18.4 Å². The third-order valence-electron chi connectivity index (χ3n) is 4.46. The van der Waals surface area contributed by atoms with Crippen LogP contribution in [0, 0.1) is 0 Å².